The lowest BCUT2D eigenvalue weighted by Crippen LogP contribution is -2.42. The Labute approximate surface area is 167 Å². The minimum absolute atomic E-state index is 0.0962. The van der Waals surface area contributed by atoms with Crippen LogP contribution >= 0.6 is 11.8 Å². The Morgan fingerprint density at radius 2 is 2.11 bits per heavy atom. The van der Waals surface area contributed by atoms with Crippen molar-refractivity contribution in [1.82, 2.24) is 20.2 Å². The van der Waals surface area contributed by atoms with Crippen LogP contribution in [0.2, 0.25) is 0 Å². The Hall–Kier alpha value is -2.77. The smallest absolute Gasteiger partial charge is 0.255 e. The molecule has 0 saturated carbocycles. The molecule has 1 fully saturated rings. The molecule has 3 aromatic rings. The van der Waals surface area contributed by atoms with E-state index in [0.29, 0.717) is 6.54 Å². The van der Waals surface area contributed by atoms with Crippen molar-refractivity contribution in [3.63, 3.8) is 0 Å². The summed E-state index contributed by atoms with van der Waals surface area (Å²) in [6.45, 7) is 1.38. The molecule has 2 aliphatic heterocycles. The average molecular weight is 392 g/mol. The maximum atomic E-state index is 12.7. The molecule has 7 heteroatoms. The van der Waals surface area contributed by atoms with Crippen molar-refractivity contribution in [2.24, 2.45) is 5.73 Å². The summed E-state index contributed by atoms with van der Waals surface area (Å²) in [6, 6.07) is 12.4. The molecule has 4 N–H and O–H groups in total. The van der Waals surface area contributed by atoms with Crippen LogP contribution in [-0.2, 0) is 4.79 Å². The van der Waals surface area contributed by atoms with Crippen LogP contribution in [-0.4, -0.2) is 45.3 Å². The zero-order valence-corrected chi connectivity index (χ0v) is 16.1. The number of nitrogens with two attached hydrogens (primary N) is 1. The topological polar surface area (TPSA) is 87.0 Å². The van der Waals surface area contributed by atoms with E-state index in [1.54, 1.807) is 0 Å². The number of carbonyl (C=O) groups is 1. The van der Waals surface area contributed by atoms with Crippen LogP contribution in [0.1, 0.15) is 12.0 Å². The number of aromatic amines is 1. The molecule has 0 aliphatic carbocycles. The summed E-state index contributed by atoms with van der Waals surface area (Å²) in [5, 5.41) is 6.15. The number of H-pyrrole nitrogens is 1. The van der Waals surface area contributed by atoms with Gasteiger partial charge in [0.25, 0.3) is 5.91 Å². The lowest BCUT2D eigenvalue weighted by molar-refractivity contribution is -0.129. The van der Waals surface area contributed by atoms with Gasteiger partial charge >= 0.3 is 0 Å². The van der Waals surface area contributed by atoms with Gasteiger partial charge in [0, 0.05) is 48.0 Å². The van der Waals surface area contributed by atoms with E-state index in [1.807, 2.05) is 40.9 Å². The predicted octanol–water partition coefficient (Wildman–Crippen LogP) is 2.75. The van der Waals surface area contributed by atoms with E-state index in [1.165, 1.54) is 11.8 Å². The quantitative estimate of drug-likeness (QED) is 0.639. The van der Waals surface area contributed by atoms with Crippen molar-refractivity contribution in [2.45, 2.75) is 17.8 Å². The van der Waals surface area contributed by atoms with Gasteiger partial charge in [0.15, 0.2) is 5.37 Å². The third kappa shape index (κ3) is 3.06. The van der Waals surface area contributed by atoms with E-state index in [9.17, 15) is 4.79 Å². The predicted molar refractivity (Wildman–Crippen MR) is 113 cm³/mol. The molecular formula is C21H21N5OS. The number of pyridine rings is 1. The average Bonchev–Trinajstić information content (AvgIpc) is 3.46. The molecule has 6 nitrogen and oxygen atoms in total. The number of aromatic nitrogens is 2. The molecule has 1 amide bonds. The van der Waals surface area contributed by atoms with Crippen molar-refractivity contribution >= 4 is 34.4 Å². The summed E-state index contributed by atoms with van der Waals surface area (Å²) in [6.07, 6.45) is 4.70. The van der Waals surface area contributed by atoms with Gasteiger partial charge in [-0.2, -0.15) is 0 Å². The maximum Gasteiger partial charge on any atom is 0.255 e. The molecule has 4 heterocycles. The molecule has 0 spiro atoms. The molecule has 2 unspecified atom stereocenters. The van der Waals surface area contributed by atoms with Crippen molar-refractivity contribution in [1.29, 1.82) is 0 Å². The van der Waals surface area contributed by atoms with Crippen molar-refractivity contribution in [3.8, 4) is 11.1 Å². The monoisotopic (exact) mass is 391 g/mol. The van der Waals surface area contributed by atoms with E-state index >= 15 is 0 Å². The van der Waals surface area contributed by atoms with Gasteiger partial charge in [-0.1, -0.05) is 42.1 Å². The van der Waals surface area contributed by atoms with Crippen LogP contribution in [0.4, 0.5) is 0 Å². The number of hydrogen-bond donors (Lipinski definition) is 3. The molecule has 2 atom stereocenters. The number of likely N-dealkylation sites (tertiary alicyclic amines) is 1. The van der Waals surface area contributed by atoms with Gasteiger partial charge in [0.2, 0.25) is 0 Å². The second-order valence-corrected chi connectivity index (χ2v) is 8.19. The number of fused-ring (bicyclic) bond motifs is 1. The summed E-state index contributed by atoms with van der Waals surface area (Å²) < 4.78 is 0. The second-order valence-electron chi connectivity index (χ2n) is 7.21. The Morgan fingerprint density at radius 3 is 2.89 bits per heavy atom. The highest BCUT2D eigenvalue weighted by Gasteiger charge is 2.32. The zero-order chi connectivity index (χ0) is 19.1. The lowest BCUT2D eigenvalue weighted by atomic mass is 10.1. The fourth-order valence-electron chi connectivity index (χ4n) is 3.77. The van der Waals surface area contributed by atoms with Gasteiger partial charge in [-0.3, -0.25) is 4.79 Å². The van der Waals surface area contributed by atoms with Gasteiger partial charge in [-0.25, -0.2) is 4.98 Å². The number of nitrogens with zero attached hydrogens (tertiary/aromatic N) is 2. The Morgan fingerprint density at radius 1 is 1.25 bits per heavy atom. The summed E-state index contributed by atoms with van der Waals surface area (Å²) in [5.41, 5.74) is 11.0. The third-order valence-corrected chi connectivity index (χ3v) is 6.26. The minimum atomic E-state index is -0.296. The number of benzene rings is 1. The van der Waals surface area contributed by atoms with Gasteiger partial charge < -0.3 is 20.9 Å². The number of amides is 1. The first-order valence-corrected chi connectivity index (χ1v) is 10.3. The van der Waals surface area contributed by atoms with E-state index in [-0.39, 0.29) is 17.3 Å². The fraction of sp³-hybridized carbons (Fsp3) is 0.238. The minimum Gasteiger partial charge on any atom is -0.364 e. The number of rotatable bonds is 3. The molecule has 1 saturated heterocycles. The first-order valence-electron chi connectivity index (χ1n) is 9.38. The van der Waals surface area contributed by atoms with Crippen LogP contribution < -0.4 is 11.1 Å². The van der Waals surface area contributed by atoms with Gasteiger partial charge in [-0.05, 0) is 23.5 Å². The Bertz CT molecular complexity index is 1060. The number of nitrogens with one attached hydrogen (secondary N) is 2. The molecule has 2 aliphatic rings. The summed E-state index contributed by atoms with van der Waals surface area (Å²) >= 11 is 1.51. The molecule has 2 aromatic heterocycles. The zero-order valence-electron chi connectivity index (χ0n) is 15.3. The van der Waals surface area contributed by atoms with Gasteiger partial charge in [-0.15, -0.1) is 0 Å². The van der Waals surface area contributed by atoms with Gasteiger partial charge in [0.05, 0.1) is 5.70 Å². The summed E-state index contributed by atoms with van der Waals surface area (Å²) in [5.74, 6) is 0.104. The maximum absolute atomic E-state index is 12.7. The van der Waals surface area contributed by atoms with Crippen LogP contribution in [0.15, 0.2) is 54.2 Å². The molecule has 28 heavy (non-hydrogen) atoms. The van der Waals surface area contributed by atoms with E-state index in [4.69, 9.17) is 5.73 Å². The van der Waals surface area contributed by atoms with Crippen LogP contribution in [0.3, 0.4) is 0 Å². The first kappa shape index (κ1) is 17.3. The van der Waals surface area contributed by atoms with Crippen LogP contribution in [0.25, 0.3) is 27.9 Å². The van der Waals surface area contributed by atoms with E-state index < -0.39 is 0 Å². The van der Waals surface area contributed by atoms with Gasteiger partial charge in [0.1, 0.15) is 5.65 Å². The lowest BCUT2D eigenvalue weighted by Gasteiger charge is -2.20. The molecule has 142 valence electrons. The van der Waals surface area contributed by atoms with Crippen molar-refractivity contribution in [3.05, 3.63) is 59.8 Å². The highest BCUT2D eigenvalue weighted by Crippen LogP contribution is 2.33. The number of carbonyl (C=O) groups excluding carboxylic acids is 1. The normalized spacial score (nSPS) is 21.8. The Balaban J connectivity index is 1.40. The first-order chi connectivity index (χ1) is 13.7. The largest absolute Gasteiger partial charge is 0.364 e. The van der Waals surface area contributed by atoms with E-state index in [2.05, 4.69) is 33.5 Å². The number of thioether (sulfide) groups is 1. The third-order valence-electron chi connectivity index (χ3n) is 5.30. The highest BCUT2D eigenvalue weighted by atomic mass is 32.2. The summed E-state index contributed by atoms with van der Waals surface area (Å²) in [7, 11) is 0. The number of hydrogen-bond acceptors (Lipinski definition) is 5. The SMILES string of the molecule is NC1CCN(C(=O)C2NC(c3c[nH]c4ncc(-c5ccccc5)cc34)=CS2)C1. The highest BCUT2D eigenvalue weighted by molar-refractivity contribution is 8.03. The molecule has 0 bridgehead atoms. The van der Waals surface area contributed by atoms with Crippen LogP contribution in [0.5, 0.6) is 0 Å². The summed E-state index contributed by atoms with van der Waals surface area (Å²) in [4.78, 5) is 22.4. The Kier molecular flexibility index (Phi) is 4.33. The molecule has 5 rings (SSSR count). The second kappa shape index (κ2) is 7.00. The molecule has 1 aromatic carbocycles. The molecule has 0 radical (unpaired) electrons. The van der Waals surface area contributed by atoms with E-state index in [0.717, 1.165) is 46.4 Å². The van der Waals surface area contributed by atoms with Crippen molar-refractivity contribution in [2.75, 3.05) is 13.1 Å². The van der Waals surface area contributed by atoms with Crippen molar-refractivity contribution < 1.29 is 4.79 Å². The van der Waals surface area contributed by atoms with Crippen LogP contribution in [0, 0.1) is 0 Å². The standard InChI is InChI=1S/C21H21N5OS/c22-15-6-7-26(11-15)21(27)20-25-18(12-28-20)17-10-24-19-16(17)8-14(9-23-19)13-4-2-1-3-5-13/h1-5,8-10,12,15,20,25H,6-7,11,22H2,(H,23,24). The molecular weight excluding hydrogens is 370 g/mol. The fourth-order valence-corrected chi connectivity index (χ4v) is 4.70.